The highest BCUT2D eigenvalue weighted by atomic mass is 32.1. The van der Waals surface area contributed by atoms with Crippen LogP contribution in [0.5, 0.6) is 0 Å². The van der Waals surface area contributed by atoms with Crippen LogP contribution < -0.4 is 5.32 Å². The normalized spacial score (nSPS) is 12.9. The van der Waals surface area contributed by atoms with E-state index in [-0.39, 0.29) is 0 Å². The topological polar surface area (TPSA) is 40.7 Å². The lowest BCUT2D eigenvalue weighted by Crippen LogP contribution is -2.24. The van der Waals surface area contributed by atoms with Crippen LogP contribution in [0.4, 0.5) is 0 Å². The van der Waals surface area contributed by atoms with E-state index >= 15 is 0 Å². The van der Waals surface area contributed by atoms with Gasteiger partial charge < -0.3 is 10.3 Å². The Balaban J connectivity index is 2.09. The summed E-state index contributed by atoms with van der Waals surface area (Å²) in [4.78, 5) is 9.23. The predicted molar refractivity (Wildman–Crippen MR) is 73.2 cm³/mol. The maximum Gasteiger partial charge on any atom is 0.121 e. The number of aromatic amines is 1. The van der Waals surface area contributed by atoms with Gasteiger partial charge in [-0.15, -0.1) is 11.3 Å². The number of hydrogen-bond acceptors (Lipinski definition) is 3. The highest BCUT2D eigenvalue weighted by Gasteiger charge is 2.09. The number of rotatable bonds is 5. The molecule has 0 saturated carbocycles. The van der Waals surface area contributed by atoms with Crippen LogP contribution >= 0.6 is 11.3 Å². The van der Waals surface area contributed by atoms with Gasteiger partial charge in [0.1, 0.15) is 11.5 Å². The molecular formula is C13H19N3S. The molecule has 0 radical (unpaired) electrons. The van der Waals surface area contributed by atoms with Crippen LogP contribution in [0.3, 0.4) is 0 Å². The molecule has 0 saturated heterocycles. The van der Waals surface area contributed by atoms with Gasteiger partial charge in [0.2, 0.25) is 0 Å². The molecule has 3 nitrogen and oxygen atoms in total. The number of aryl methyl sites for hydroxylation is 1. The first kappa shape index (κ1) is 12.3. The largest absolute Gasteiger partial charge is 0.344 e. The Morgan fingerprint density at radius 1 is 1.53 bits per heavy atom. The molecule has 1 atom stereocenters. The van der Waals surface area contributed by atoms with Gasteiger partial charge >= 0.3 is 0 Å². The van der Waals surface area contributed by atoms with E-state index < -0.39 is 0 Å². The van der Waals surface area contributed by atoms with Crippen molar-refractivity contribution < 1.29 is 0 Å². The Bertz CT molecular complexity index is 459. The fourth-order valence-corrected chi connectivity index (χ4v) is 2.45. The third kappa shape index (κ3) is 2.96. The second-order valence-corrected chi connectivity index (χ2v) is 5.27. The van der Waals surface area contributed by atoms with E-state index in [4.69, 9.17) is 0 Å². The van der Waals surface area contributed by atoms with Crippen molar-refractivity contribution >= 4 is 11.3 Å². The van der Waals surface area contributed by atoms with E-state index in [9.17, 15) is 0 Å². The third-order valence-electron chi connectivity index (χ3n) is 2.92. The van der Waals surface area contributed by atoms with Crippen molar-refractivity contribution in [1.29, 1.82) is 0 Å². The number of imidazole rings is 1. The first-order chi connectivity index (χ1) is 8.20. The lowest BCUT2D eigenvalue weighted by molar-refractivity contribution is 0.525. The summed E-state index contributed by atoms with van der Waals surface area (Å²) in [5, 5.41) is 5.53. The molecule has 0 bridgehead atoms. The van der Waals surface area contributed by atoms with Crippen LogP contribution in [0.1, 0.15) is 31.8 Å². The van der Waals surface area contributed by atoms with E-state index in [1.54, 1.807) is 11.3 Å². The van der Waals surface area contributed by atoms with E-state index in [1.807, 2.05) is 0 Å². The van der Waals surface area contributed by atoms with Crippen molar-refractivity contribution in [2.75, 3.05) is 0 Å². The summed E-state index contributed by atoms with van der Waals surface area (Å²) in [7, 11) is 0. The Morgan fingerprint density at radius 2 is 2.35 bits per heavy atom. The van der Waals surface area contributed by atoms with E-state index in [0.717, 1.165) is 30.2 Å². The molecule has 0 aliphatic heterocycles. The highest BCUT2D eigenvalue weighted by molar-refractivity contribution is 7.13. The van der Waals surface area contributed by atoms with Gasteiger partial charge in [0, 0.05) is 11.7 Å². The minimum atomic E-state index is 0.533. The second-order valence-electron chi connectivity index (χ2n) is 4.32. The van der Waals surface area contributed by atoms with Gasteiger partial charge in [-0.1, -0.05) is 13.0 Å². The summed E-state index contributed by atoms with van der Waals surface area (Å²) in [5.41, 5.74) is 2.23. The summed E-state index contributed by atoms with van der Waals surface area (Å²) < 4.78 is 0. The molecule has 0 fully saturated rings. The van der Waals surface area contributed by atoms with Crippen molar-refractivity contribution in [3.8, 4) is 10.6 Å². The Morgan fingerprint density at radius 3 is 3.00 bits per heavy atom. The fourth-order valence-electron chi connectivity index (χ4n) is 1.67. The molecule has 1 unspecified atom stereocenters. The van der Waals surface area contributed by atoms with Crippen molar-refractivity contribution in [3.63, 3.8) is 0 Å². The Hall–Kier alpha value is -1.13. The average molecular weight is 249 g/mol. The van der Waals surface area contributed by atoms with Crippen molar-refractivity contribution in [3.05, 3.63) is 29.0 Å². The van der Waals surface area contributed by atoms with Crippen molar-refractivity contribution in [2.45, 2.75) is 39.8 Å². The van der Waals surface area contributed by atoms with Crippen LogP contribution in [0.25, 0.3) is 10.6 Å². The van der Waals surface area contributed by atoms with E-state index in [0.29, 0.717) is 6.04 Å². The minimum Gasteiger partial charge on any atom is -0.344 e. The summed E-state index contributed by atoms with van der Waals surface area (Å²) in [6.45, 7) is 7.26. The van der Waals surface area contributed by atoms with E-state index in [2.05, 4.69) is 53.6 Å². The molecule has 0 aliphatic carbocycles. The molecule has 17 heavy (non-hydrogen) atoms. The lowest BCUT2D eigenvalue weighted by atomic mass is 10.2. The number of nitrogens with zero attached hydrogens (tertiary/aromatic N) is 1. The summed E-state index contributed by atoms with van der Waals surface area (Å²) in [6, 6.07) is 4.70. The molecular weight excluding hydrogens is 230 g/mol. The SMILES string of the molecule is CCC(C)NCc1nc(-c2cccs2)c(C)[nH]1. The van der Waals surface area contributed by atoms with Crippen molar-refractivity contribution in [1.82, 2.24) is 15.3 Å². The van der Waals surface area contributed by atoms with Crippen molar-refractivity contribution in [2.24, 2.45) is 0 Å². The fraction of sp³-hybridized carbons (Fsp3) is 0.462. The first-order valence-electron chi connectivity index (χ1n) is 6.03. The van der Waals surface area contributed by atoms with Gasteiger partial charge in [0.25, 0.3) is 0 Å². The molecule has 0 spiro atoms. The van der Waals surface area contributed by atoms with Gasteiger partial charge in [0.05, 0.1) is 11.4 Å². The summed E-state index contributed by atoms with van der Waals surface area (Å²) >= 11 is 1.73. The molecule has 2 rings (SSSR count). The molecule has 0 amide bonds. The summed E-state index contributed by atoms with van der Waals surface area (Å²) in [5.74, 6) is 1.02. The molecule has 2 N–H and O–H groups in total. The molecule has 0 aromatic carbocycles. The van der Waals surface area contributed by atoms with Gasteiger partial charge in [-0.2, -0.15) is 0 Å². The Kier molecular flexibility index (Phi) is 3.97. The standard InChI is InChI=1S/C13H19N3S/c1-4-9(2)14-8-12-15-10(3)13(16-12)11-6-5-7-17-11/h5-7,9,14H,4,8H2,1-3H3,(H,15,16). The molecule has 92 valence electrons. The summed E-state index contributed by atoms with van der Waals surface area (Å²) in [6.07, 6.45) is 1.14. The average Bonchev–Trinajstić information content (AvgIpc) is 2.94. The van der Waals surface area contributed by atoms with E-state index in [1.165, 1.54) is 4.88 Å². The quantitative estimate of drug-likeness (QED) is 0.853. The second kappa shape index (κ2) is 5.47. The number of nitrogens with one attached hydrogen (secondary N) is 2. The molecule has 2 aromatic rings. The number of H-pyrrole nitrogens is 1. The highest BCUT2D eigenvalue weighted by Crippen LogP contribution is 2.25. The van der Waals surface area contributed by atoms with Crippen LogP contribution in [-0.4, -0.2) is 16.0 Å². The maximum atomic E-state index is 4.65. The zero-order chi connectivity index (χ0) is 12.3. The zero-order valence-electron chi connectivity index (χ0n) is 10.6. The first-order valence-corrected chi connectivity index (χ1v) is 6.91. The monoisotopic (exact) mass is 249 g/mol. The Labute approximate surface area is 106 Å². The lowest BCUT2D eigenvalue weighted by Gasteiger charge is -2.08. The molecule has 0 aliphatic rings. The smallest absolute Gasteiger partial charge is 0.121 e. The van der Waals surface area contributed by atoms with Crippen LogP contribution in [0, 0.1) is 6.92 Å². The maximum absolute atomic E-state index is 4.65. The van der Waals surface area contributed by atoms with Gasteiger partial charge in [-0.3, -0.25) is 0 Å². The predicted octanol–water partition coefficient (Wildman–Crippen LogP) is 3.33. The zero-order valence-corrected chi connectivity index (χ0v) is 11.4. The number of aromatic nitrogens is 2. The van der Waals surface area contributed by atoms with Crippen LogP contribution in [0.15, 0.2) is 17.5 Å². The minimum absolute atomic E-state index is 0.533. The van der Waals surface area contributed by atoms with Gasteiger partial charge in [-0.25, -0.2) is 4.98 Å². The van der Waals surface area contributed by atoms with Crippen LogP contribution in [-0.2, 0) is 6.54 Å². The third-order valence-corrected chi connectivity index (χ3v) is 3.80. The van der Waals surface area contributed by atoms with Crippen LogP contribution in [0.2, 0.25) is 0 Å². The van der Waals surface area contributed by atoms with Gasteiger partial charge in [0.15, 0.2) is 0 Å². The number of thiophene rings is 1. The molecule has 2 heterocycles. The molecule has 4 heteroatoms. The molecule has 2 aromatic heterocycles. The number of hydrogen-bond donors (Lipinski definition) is 2. The van der Waals surface area contributed by atoms with Gasteiger partial charge in [-0.05, 0) is 31.7 Å².